The molecular formula is C20H22FN2O6S+. The molecule has 1 aromatic rings. The zero-order valence-electron chi connectivity index (χ0n) is 16.7. The van der Waals surface area contributed by atoms with E-state index in [2.05, 4.69) is 0 Å². The molecule has 3 rings (SSSR count). The minimum atomic E-state index is -4.20. The summed E-state index contributed by atoms with van der Waals surface area (Å²) in [5.74, 6) is -2.41. The molecule has 10 heteroatoms. The number of hydrogen-bond donors (Lipinski definition) is 2. The molecule has 1 aliphatic heterocycles. The van der Waals surface area contributed by atoms with E-state index in [4.69, 9.17) is 0 Å². The van der Waals surface area contributed by atoms with Crippen molar-refractivity contribution < 1.29 is 37.4 Å². The quantitative estimate of drug-likeness (QED) is 0.416. The van der Waals surface area contributed by atoms with Gasteiger partial charge in [-0.1, -0.05) is 6.07 Å². The fourth-order valence-corrected chi connectivity index (χ4v) is 5.45. The third kappa shape index (κ3) is 3.81. The molecule has 0 aromatic heterocycles. The number of sulfonamides is 1. The van der Waals surface area contributed by atoms with E-state index in [1.165, 1.54) is 51.4 Å². The Bertz CT molecular complexity index is 1130. The fourth-order valence-electron chi connectivity index (χ4n) is 3.69. The summed E-state index contributed by atoms with van der Waals surface area (Å²) in [4.78, 5) is 23.5. The predicted molar refractivity (Wildman–Crippen MR) is 104 cm³/mol. The summed E-state index contributed by atoms with van der Waals surface area (Å²) in [6.45, 7) is 1.48. The van der Waals surface area contributed by atoms with Gasteiger partial charge in [-0.15, -0.1) is 4.65 Å². The number of allylic oxidation sites excluding steroid dienone is 3. The van der Waals surface area contributed by atoms with Crippen LogP contribution in [0.1, 0.15) is 30.1 Å². The van der Waals surface area contributed by atoms with Gasteiger partial charge in [0.15, 0.2) is 0 Å². The van der Waals surface area contributed by atoms with Crippen LogP contribution in [-0.4, -0.2) is 59.7 Å². The fraction of sp³-hybridized carbons (Fsp3) is 0.300. The third-order valence-electron chi connectivity index (χ3n) is 5.05. The van der Waals surface area contributed by atoms with Crippen molar-refractivity contribution >= 4 is 21.9 Å². The lowest BCUT2D eigenvalue weighted by molar-refractivity contribution is -1.00. The lowest BCUT2D eigenvalue weighted by Crippen LogP contribution is -2.42. The maximum atomic E-state index is 13.8. The molecule has 1 atom stereocenters. The Labute approximate surface area is 173 Å². The standard InChI is InChI=1S/C20H21FN2O6S/c1-12-16(11-19(24)25)17-10-14(21)7-8-18(17)22(12)30(28,29)15-6-4-5-13(9-15)20(26)23(2,3)27/h4-7,9-10,18,27H,8,11H2,1-3H3/p+1. The Morgan fingerprint density at radius 1 is 1.30 bits per heavy atom. The van der Waals surface area contributed by atoms with Crippen LogP contribution in [0.25, 0.3) is 0 Å². The lowest BCUT2D eigenvalue weighted by atomic mass is 9.93. The summed E-state index contributed by atoms with van der Waals surface area (Å²) in [7, 11) is -1.71. The van der Waals surface area contributed by atoms with E-state index in [1.807, 2.05) is 0 Å². The maximum Gasteiger partial charge on any atom is 0.377 e. The van der Waals surface area contributed by atoms with E-state index in [1.54, 1.807) is 0 Å². The van der Waals surface area contributed by atoms with Gasteiger partial charge in [0.1, 0.15) is 19.9 Å². The molecule has 1 aromatic carbocycles. The third-order valence-corrected chi connectivity index (χ3v) is 6.95. The number of carboxylic acids is 1. The minimum Gasteiger partial charge on any atom is -0.481 e. The number of carbonyl (C=O) groups excluding carboxylic acids is 1. The molecule has 1 aliphatic carbocycles. The Hall–Kier alpha value is -2.82. The maximum absolute atomic E-state index is 13.8. The predicted octanol–water partition coefficient (Wildman–Crippen LogP) is 2.60. The largest absolute Gasteiger partial charge is 0.481 e. The average Bonchev–Trinajstić information content (AvgIpc) is 2.92. The molecule has 30 heavy (non-hydrogen) atoms. The molecule has 8 nitrogen and oxygen atoms in total. The number of benzene rings is 1. The molecule has 0 radical (unpaired) electrons. The van der Waals surface area contributed by atoms with Crippen molar-refractivity contribution in [1.82, 2.24) is 4.31 Å². The Balaban J connectivity index is 2.10. The van der Waals surface area contributed by atoms with Gasteiger partial charge in [-0.05, 0) is 54.8 Å². The second-order valence-corrected chi connectivity index (χ2v) is 9.42. The number of nitrogens with zero attached hydrogens (tertiary/aromatic N) is 2. The van der Waals surface area contributed by atoms with E-state index >= 15 is 0 Å². The Kier molecular flexibility index (Phi) is 5.44. The minimum absolute atomic E-state index is 0.000476. The molecule has 1 unspecified atom stereocenters. The second kappa shape index (κ2) is 7.46. The van der Waals surface area contributed by atoms with Gasteiger partial charge in [0, 0.05) is 5.70 Å². The summed E-state index contributed by atoms with van der Waals surface area (Å²) in [5, 5.41) is 19.1. The van der Waals surface area contributed by atoms with E-state index in [0.717, 1.165) is 10.4 Å². The molecule has 160 valence electrons. The van der Waals surface area contributed by atoms with Crippen LogP contribution in [0.2, 0.25) is 0 Å². The summed E-state index contributed by atoms with van der Waals surface area (Å²) < 4.78 is 40.8. The lowest BCUT2D eigenvalue weighted by Gasteiger charge is -2.29. The first-order valence-corrected chi connectivity index (χ1v) is 10.5. The monoisotopic (exact) mass is 437 g/mol. The van der Waals surface area contributed by atoms with Crippen molar-refractivity contribution in [1.29, 1.82) is 0 Å². The summed E-state index contributed by atoms with van der Waals surface area (Å²) in [6.07, 6.45) is 2.02. The topological polar surface area (TPSA) is 112 Å². The van der Waals surface area contributed by atoms with Crippen LogP contribution in [0.3, 0.4) is 0 Å². The molecule has 0 fully saturated rings. The number of rotatable bonds is 5. The van der Waals surface area contributed by atoms with Gasteiger partial charge in [0.05, 0.1) is 22.9 Å². The SMILES string of the molecule is CC1=C(CC(=O)O)C2=CC(F)=CCC2N1S(=O)(=O)c1cccc(C(=O)[N+](C)(C)O)c1. The van der Waals surface area contributed by atoms with Crippen molar-refractivity contribution in [2.45, 2.75) is 30.7 Å². The molecule has 0 saturated carbocycles. The molecule has 2 aliphatic rings. The zero-order chi connectivity index (χ0) is 22.4. The molecule has 2 N–H and O–H groups in total. The van der Waals surface area contributed by atoms with E-state index in [-0.39, 0.29) is 28.1 Å². The highest BCUT2D eigenvalue weighted by molar-refractivity contribution is 7.89. The van der Waals surface area contributed by atoms with Crippen molar-refractivity contribution in [2.75, 3.05) is 14.1 Å². The number of hydrogen-bond acceptors (Lipinski definition) is 5. The zero-order valence-corrected chi connectivity index (χ0v) is 17.5. The number of carbonyl (C=O) groups is 2. The van der Waals surface area contributed by atoms with Crippen LogP contribution in [0.5, 0.6) is 0 Å². The number of halogens is 1. The molecule has 0 bridgehead atoms. The van der Waals surface area contributed by atoms with Gasteiger partial charge in [0.2, 0.25) is 0 Å². The van der Waals surface area contributed by atoms with Crippen LogP contribution in [-0.2, 0) is 14.8 Å². The van der Waals surface area contributed by atoms with Crippen molar-refractivity contribution in [3.05, 3.63) is 64.7 Å². The van der Waals surface area contributed by atoms with E-state index in [0.29, 0.717) is 5.57 Å². The number of aliphatic carboxylic acids is 1. The second-order valence-electron chi connectivity index (χ2n) is 7.60. The van der Waals surface area contributed by atoms with Gasteiger partial charge in [-0.25, -0.2) is 22.8 Å². The first-order chi connectivity index (χ1) is 13.8. The van der Waals surface area contributed by atoms with Gasteiger partial charge in [-0.2, -0.15) is 0 Å². The Morgan fingerprint density at radius 2 is 1.97 bits per heavy atom. The molecule has 0 saturated heterocycles. The highest BCUT2D eigenvalue weighted by Gasteiger charge is 2.43. The van der Waals surface area contributed by atoms with Gasteiger partial charge < -0.3 is 5.11 Å². The van der Waals surface area contributed by atoms with Crippen molar-refractivity contribution in [2.24, 2.45) is 0 Å². The number of hydroxylamine groups is 3. The molecule has 1 heterocycles. The van der Waals surface area contributed by atoms with Gasteiger partial charge in [-0.3, -0.25) is 9.10 Å². The summed E-state index contributed by atoms with van der Waals surface area (Å²) in [6, 6.07) is 4.49. The van der Waals surface area contributed by atoms with Gasteiger partial charge >= 0.3 is 11.9 Å². The van der Waals surface area contributed by atoms with Crippen LogP contribution < -0.4 is 0 Å². The number of amides is 1. The first-order valence-electron chi connectivity index (χ1n) is 9.09. The van der Waals surface area contributed by atoms with Crippen LogP contribution >= 0.6 is 0 Å². The molecule has 0 spiro atoms. The summed E-state index contributed by atoms with van der Waals surface area (Å²) in [5.41, 5.74) is 0.769. The van der Waals surface area contributed by atoms with Crippen molar-refractivity contribution in [3.8, 4) is 0 Å². The molecule has 1 amide bonds. The summed E-state index contributed by atoms with van der Waals surface area (Å²) >= 11 is 0. The van der Waals surface area contributed by atoms with Crippen LogP contribution in [0.15, 0.2) is 64.0 Å². The van der Waals surface area contributed by atoms with Crippen molar-refractivity contribution in [3.63, 3.8) is 0 Å². The number of quaternary nitrogens is 1. The first kappa shape index (κ1) is 21.9. The highest BCUT2D eigenvalue weighted by atomic mass is 32.2. The highest BCUT2D eigenvalue weighted by Crippen LogP contribution is 2.43. The molecular weight excluding hydrogens is 415 g/mol. The van der Waals surface area contributed by atoms with Gasteiger partial charge in [0.25, 0.3) is 10.0 Å². The number of fused-ring (bicyclic) bond motifs is 1. The van der Waals surface area contributed by atoms with E-state index in [9.17, 15) is 32.7 Å². The Morgan fingerprint density at radius 3 is 2.57 bits per heavy atom. The van der Waals surface area contributed by atoms with Crippen LogP contribution in [0, 0.1) is 0 Å². The van der Waals surface area contributed by atoms with E-state index < -0.39 is 44.8 Å². The average molecular weight is 437 g/mol. The number of carboxylic acid groups (broad SMARTS) is 1. The normalized spacial score (nSPS) is 19.4. The smallest absolute Gasteiger partial charge is 0.377 e. The van der Waals surface area contributed by atoms with Crippen LogP contribution in [0.4, 0.5) is 4.39 Å².